The smallest absolute Gasteiger partial charge is 0.0884 e. The second kappa shape index (κ2) is 18.2. The molecule has 0 heterocycles. The minimum absolute atomic E-state index is 1.15. The molecule has 0 radical (unpaired) electrons. The molecular weight excluding hydrogens is 358 g/mol. The van der Waals surface area contributed by atoms with Crippen LogP contribution in [0.5, 0.6) is 0 Å². The van der Waals surface area contributed by atoms with E-state index in [0.717, 1.165) is 5.33 Å². The van der Waals surface area contributed by atoms with Crippen molar-refractivity contribution in [2.45, 2.75) is 111 Å². The maximum atomic E-state index is 3.64. The van der Waals surface area contributed by atoms with Crippen LogP contribution in [0.1, 0.15) is 111 Å². The van der Waals surface area contributed by atoms with E-state index in [0.29, 0.717) is 0 Å². The van der Waals surface area contributed by atoms with Crippen LogP contribution in [0.4, 0.5) is 0 Å². The monoisotopic (exact) mass is 404 g/mol. The summed E-state index contributed by atoms with van der Waals surface area (Å²) in [6, 6.07) is 0. The maximum absolute atomic E-state index is 3.64. The van der Waals surface area contributed by atoms with Gasteiger partial charge >= 0.3 is 0 Å². The van der Waals surface area contributed by atoms with E-state index in [4.69, 9.17) is 0 Å². The van der Waals surface area contributed by atoms with E-state index in [1.54, 1.807) is 0 Å². The lowest BCUT2D eigenvalue weighted by molar-refractivity contribution is -0.922. The Balaban J connectivity index is 3.33. The highest BCUT2D eigenvalue weighted by Gasteiger charge is 2.21. The van der Waals surface area contributed by atoms with Crippen LogP contribution in [-0.4, -0.2) is 36.0 Å². The zero-order chi connectivity index (χ0) is 17.9. The highest BCUT2D eigenvalue weighted by Crippen LogP contribution is 2.15. The molecular formula is C22H47BrN+. The van der Waals surface area contributed by atoms with Crippen LogP contribution >= 0.6 is 15.9 Å². The molecule has 146 valence electrons. The summed E-state index contributed by atoms with van der Waals surface area (Å²) in [6.45, 7) is 12.3. The number of unbranched alkanes of at least 4 members (excludes halogenated alkanes) is 13. The molecule has 0 aliphatic rings. The Morgan fingerprint density at radius 1 is 0.500 bits per heavy atom. The molecule has 0 aromatic carbocycles. The molecule has 0 aliphatic heterocycles. The van der Waals surface area contributed by atoms with Crippen LogP contribution in [0.2, 0.25) is 0 Å². The summed E-state index contributed by atoms with van der Waals surface area (Å²) in [5, 5.41) is 1.15. The number of nitrogens with zero attached hydrogens (tertiary/aromatic N) is 1. The zero-order valence-corrected chi connectivity index (χ0v) is 18.8. The summed E-state index contributed by atoms with van der Waals surface area (Å²) in [4.78, 5) is 0. The van der Waals surface area contributed by atoms with E-state index in [9.17, 15) is 0 Å². The number of hydrogen-bond acceptors (Lipinski definition) is 0. The lowest BCUT2D eigenvalue weighted by atomic mass is 10.0. The molecule has 0 aromatic heterocycles. The normalized spacial score (nSPS) is 12.0. The van der Waals surface area contributed by atoms with Crippen LogP contribution in [0, 0.1) is 0 Å². The molecule has 0 aromatic rings. The predicted molar refractivity (Wildman–Crippen MR) is 115 cm³/mol. The van der Waals surface area contributed by atoms with Gasteiger partial charge < -0.3 is 4.48 Å². The lowest BCUT2D eigenvalue weighted by Gasteiger charge is -2.36. The highest BCUT2D eigenvalue weighted by atomic mass is 79.9. The molecule has 0 saturated carbocycles. The molecule has 0 amide bonds. The SMILES string of the molecule is CCCCCCCCCCCCCCCC[N+](CC)(CC)CCBr. The summed E-state index contributed by atoms with van der Waals surface area (Å²) < 4.78 is 1.31. The number of quaternary nitrogens is 1. The van der Waals surface area contributed by atoms with Gasteiger partial charge in [0.05, 0.1) is 31.5 Å². The molecule has 0 fully saturated rings. The van der Waals surface area contributed by atoms with Crippen molar-refractivity contribution in [3.8, 4) is 0 Å². The van der Waals surface area contributed by atoms with E-state index in [-0.39, 0.29) is 0 Å². The van der Waals surface area contributed by atoms with Crippen molar-refractivity contribution in [3.63, 3.8) is 0 Å². The molecule has 2 heteroatoms. The maximum Gasteiger partial charge on any atom is 0.0884 e. The first kappa shape index (κ1) is 24.4. The number of rotatable bonds is 19. The van der Waals surface area contributed by atoms with E-state index >= 15 is 0 Å². The zero-order valence-electron chi connectivity index (χ0n) is 17.3. The number of halogens is 1. The van der Waals surface area contributed by atoms with Crippen molar-refractivity contribution < 1.29 is 4.48 Å². The van der Waals surface area contributed by atoms with Crippen LogP contribution in [0.25, 0.3) is 0 Å². The molecule has 0 atom stereocenters. The highest BCUT2D eigenvalue weighted by molar-refractivity contribution is 9.09. The fourth-order valence-corrected chi connectivity index (χ4v) is 4.54. The predicted octanol–water partition coefficient (Wildman–Crippen LogP) is 7.72. The molecule has 24 heavy (non-hydrogen) atoms. The molecule has 0 rings (SSSR count). The Morgan fingerprint density at radius 3 is 1.21 bits per heavy atom. The third kappa shape index (κ3) is 13.7. The second-order valence-corrected chi connectivity index (χ2v) is 8.50. The summed E-state index contributed by atoms with van der Waals surface area (Å²) in [5.74, 6) is 0. The fraction of sp³-hybridized carbons (Fsp3) is 1.00. The largest absolute Gasteiger partial charge is 0.323 e. The van der Waals surface area contributed by atoms with Gasteiger partial charge in [-0.3, -0.25) is 0 Å². The summed E-state index contributed by atoms with van der Waals surface area (Å²) in [7, 11) is 0. The van der Waals surface area contributed by atoms with Crippen LogP contribution < -0.4 is 0 Å². The Kier molecular flexibility index (Phi) is 18.6. The van der Waals surface area contributed by atoms with Crippen LogP contribution in [0.3, 0.4) is 0 Å². The molecule has 0 N–H and O–H groups in total. The van der Waals surface area contributed by atoms with Gasteiger partial charge in [0.2, 0.25) is 0 Å². The van der Waals surface area contributed by atoms with E-state index in [1.807, 2.05) is 0 Å². The quantitative estimate of drug-likeness (QED) is 0.117. The minimum atomic E-state index is 1.15. The first-order valence-electron chi connectivity index (χ1n) is 11.2. The Labute approximate surface area is 162 Å². The average molecular weight is 406 g/mol. The van der Waals surface area contributed by atoms with E-state index < -0.39 is 0 Å². The Hall–Kier alpha value is 0.440. The molecule has 0 spiro atoms. The summed E-state index contributed by atoms with van der Waals surface area (Å²) in [5.41, 5.74) is 0. The van der Waals surface area contributed by atoms with Gasteiger partial charge in [-0.2, -0.15) is 0 Å². The average Bonchev–Trinajstić information content (AvgIpc) is 2.61. The van der Waals surface area contributed by atoms with Crippen molar-refractivity contribution in [1.29, 1.82) is 0 Å². The Bertz CT molecular complexity index is 238. The van der Waals surface area contributed by atoms with E-state index in [1.165, 1.54) is 121 Å². The van der Waals surface area contributed by atoms with Crippen LogP contribution in [-0.2, 0) is 0 Å². The lowest BCUT2D eigenvalue weighted by Crippen LogP contribution is -2.49. The van der Waals surface area contributed by atoms with Crippen molar-refractivity contribution in [2.75, 3.05) is 31.5 Å². The minimum Gasteiger partial charge on any atom is -0.323 e. The van der Waals surface area contributed by atoms with Gasteiger partial charge in [-0.15, -0.1) is 0 Å². The number of hydrogen-bond donors (Lipinski definition) is 0. The van der Waals surface area contributed by atoms with Crippen molar-refractivity contribution in [1.82, 2.24) is 0 Å². The van der Waals surface area contributed by atoms with Crippen LogP contribution in [0.15, 0.2) is 0 Å². The van der Waals surface area contributed by atoms with Crippen molar-refractivity contribution in [3.05, 3.63) is 0 Å². The molecule has 0 saturated heterocycles. The van der Waals surface area contributed by atoms with Crippen molar-refractivity contribution in [2.24, 2.45) is 0 Å². The van der Waals surface area contributed by atoms with Gasteiger partial charge in [-0.1, -0.05) is 99.9 Å². The standard InChI is InChI=1S/C22H47BrN/c1-4-7-8-9-10-11-12-13-14-15-16-17-18-19-21-24(5-2,6-3)22-20-23/h4-22H2,1-3H3/q+1. The third-order valence-corrected chi connectivity index (χ3v) is 6.24. The molecule has 0 unspecified atom stereocenters. The van der Waals surface area contributed by atoms with Gasteiger partial charge in [0.1, 0.15) is 0 Å². The first-order chi connectivity index (χ1) is 11.7. The second-order valence-electron chi connectivity index (χ2n) is 7.71. The van der Waals surface area contributed by atoms with Gasteiger partial charge in [0, 0.05) is 0 Å². The molecule has 1 nitrogen and oxygen atoms in total. The van der Waals surface area contributed by atoms with Gasteiger partial charge in [0.25, 0.3) is 0 Å². The van der Waals surface area contributed by atoms with Gasteiger partial charge in [0.15, 0.2) is 0 Å². The topological polar surface area (TPSA) is 0 Å². The van der Waals surface area contributed by atoms with Crippen molar-refractivity contribution >= 4 is 15.9 Å². The summed E-state index contributed by atoms with van der Waals surface area (Å²) >= 11 is 3.64. The van der Waals surface area contributed by atoms with Gasteiger partial charge in [-0.05, 0) is 26.7 Å². The first-order valence-corrected chi connectivity index (χ1v) is 12.3. The third-order valence-electron chi connectivity index (χ3n) is 5.89. The fourth-order valence-electron chi connectivity index (χ4n) is 3.79. The molecule has 0 aliphatic carbocycles. The Morgan fingerprint density at radius 2 is 0.875 bits per heavy atom. The summed E-state index contributed by atoms with van der Waals surface area (Å²) in [6.07, 6.45) is 20.4. The van der Waals surface area contributed by atoms with Gasteiger partial charge in [-0.25, -0.2) is 0 Å². The number of alkyl halides is 1. The van der Waals surface area contributed by atoms with E-state index in [2.05, 4.69) is 36.7 Å². The molecule has 0 bridgehead atoms.